The average Bonchev–Trinajstić information content (AvgIpc) is 3.31. The Morgan fingerprint density at radius 1 is 1.05 bits per heavy atom. The number of hydrogen-bond donors (Lipinski definition) is 2. The first kappa shape index (κ1) is 29.8. The van der Waals surface area contributed by atoms with Gasteiger partial charge in [-0.25, -0.2) is 0 Å². The highest BCUT2D eigenvalue weighted by Crippen LogP contribution is 2.39. The lowest BCUT2D eigenvalue weighted by Gasteiger charge is -2.37. The van der Waals surface area contributed by atoms with Crippen molar-refractivity contribution in [3.05, 3.63) is 63.1 Å². The van der Waals surface area contributed by atoms with Crippen molar-refractivity contribution in [3.63, 3.8) is 0 Å². The predicted molar refractivity (Wildman–Crippen MR) is 151 cm³/mol. The molecular formula is C30H41Cl2NO4. The van der Waals surface area contributed by atoms with E-state index in [0.717, 1.165) is 32.1 Å². The van der Waals surface area contributed by atoms with Crippen LogP contribution in [0.4, 0.5) is 0 Å². The average molecular weight is 551 g/mol. The predicted octanol–water partition coefficient (Wildman–Crippen LogP) is 6.74. The molecule has 0 spiro atoms. The lowest BCUT2D eigenvalue weighted by molar-refractivity contribution is -0.144. The van der Waals surface area contributed by atoms with Gasteiger partial charge < -0.3 is 19.9 Å². The van der Waals surface area contributed by atoms with Gasteiger partial charge in [0, 0.05) is 12.1 Å². The highest BCUT2D eigenvalue weighted by atomic mass is 35.5. The van der Waals surface area contributed by atoms with Gasteiger partial charge in [-0.2, -0.15) is 0 Å². The first-order valence-electron chi connectivity index (χ1n) is 13.5. The van der Waals surface area contributed by atoms with Crippen molar-refractivity contribution < 1.29 is 19.4 Å². The van der Waals surface area contributed by atoms with E-state index in [1.165, 1.54) is 11.1 Å². The normalized spacial score (nSPS) is 16.2. The number of rotatable bonds is 13. The number of halogens is 2. The molecule has 0 aromatic heterocycles. The Labute approximate surface area is 231 Å². The molecule has 0 amide bonds. The zero-order valence-corrected chi connectivity index (χ0v) is 24.2. The molecule has 1 unspecified atom stereocenters. The fourth-order valence-electron chi connectivity index (χ4n) is 5.34. The highest BCUT2D eigenvalue weighted by molar-refractivity contribution is 6.43. The van der Waals surface area contributed by atoms with E-state index in [9.17, 15) is 9.90 Å². The van der Waals surface area contributed by atoms with Crippen LogP contribution in [0.25, 0.3) is 0 Å². The molecule has 0 bridgehead atoms. The molecule has 37 heavy (non-hydrogen) atoms. The molecule has 3 rings (SSSR count). The Morgan fingerprint density at radius 3 is 2.24 bits per heavy atom. The number of ether oxygens (including phenoxy) is 2. The van der Waals surface area contributed by atoms with Crippen molar-refractivity contribution in [2.24, 2.45) is 5.92 Å². The Morgan fingerprint density at radius 2 is 1.68 bits per heavy atom. The summed E-state index contributed by atoms with van der Waals surface area (Å²) in [6.45, 7) is 10.4. The van der Waals surface area contributed by atoms with E-state index < -0.39 is 18.1 Å². The van der Waals surface area contributed by atoms with E-state index in [0.29, 0.717) is 30.4 Å². The molecule has 1 aliphatic rings. The molecule has 2 aromatic carbocycles. The van der Waals surface area contributed by atoms with Gasteiger partial charge in [0.25, 0.3) is 0 Å². The van der Waals surface area contributed by atoms with Gasteiger partial charge in [-0.15, -0.1) is 0 Å². The SMILES string of the molecule is CCOC(=O)C(C)c1ccc(O[C@H](C)[C@H](O)CNC(CC)(CC)CC2Cc3ccccc3C2)c(Cl)c1Cl. The highest BCUT2D eigenvalue weighted by Gasteiger charge is 2.33. The zero-order valence-electron chi connectivity index (χ0n) is 22.7. The summed E-state index contributed by atoms with van der Waals surface area (Å²) in [6.07, 6.45) is 4.01. The number of carbonyl (C=O) groups is 1. The van der Waals surface area contributed by atoms with Crippen molar-refractivity contribution in [2.45, 2.75) is 90.4 Å². The van der Waals surface area contributed by atoms with Crippen LogP contribution < -0.4 is 10.1 Å². The van der Waals surface area contributed by atoms with Crippen LogP contribution in [-0.2, 0) is 22.4 Å². The molecule has 2 aromatic rings. The molecule has 204 valence electrons. The van der Waals surface area contributed by atoms with Gasteiger partial charge in [0.2, 0.25) is 0 Å². The second-order valence-corrected chi connectivity index (χ2v) is 11.0. The third-order valence-corrected chi connectivity index (χ3v) is 8.77. The minimum Gasteiger partial charge on any atom is -0.486 e. The molecule has 0 heterocycles. The number of β-amino-alcohol motifs (C(OH)–C–C–N with tert-alkyl or cyclic N) is 1. The van der Waals surface area contributed by atoms with Crippen LogP contribution >= 0.6 is 23.2 Å². The van der Waals surface area contributed by atoms with Crippen molar-refractivity contribution >= 4 is 29.2 Å². The fraction of sp³-hybridized carbons (Fsp3) is 0.567. The Kier molecular flexibility index (Phi) is 10.7. The number of aliphatic hydroxyl groups is 1. The number of fused-ring (bicyclic) bond motifs is 1. The Bertz CT molecular complexity index is 1030. The van der Waals surface area contributed by atoms with Gasteiger partial charge in [0.1, 0.15) is 23.0 Å². The maximum atomic E-state index is 12.1. The first-order valence-corrected chi connectivity index (χ1v) is 14.2. The molecule has 0 aliphatic heterocycles. The summed E-state index contributed by atoms with van der Waals surface area (Å²) >= 11 is 13.0. The topological polar surface area (TPSA) is 67.8 Å². The van der Waals surface area contributed by atoms with Gasteiger partial charge in [0.15, 0.2) is 0 Å². The van der Waals surface area contributed by atoms with Crippen LogP contribution in [-0.4, -0.2) is 42.0 Å². The van der Waals surface area contributed by atoms with Gasteiger partial charge in [-0.3, -0.25) is 4.79 Å². The largest absolute Gasteiger partial charge is 0.486 e. The van der Waals surface area contributed by atoms with Crippen molar-refractivity contribution in [2.75, 3.05) is 13.2 Å². The van der Waals surface area contributed by atoms with Crippen LogP contribution in [0.5, 0.6) is 5.75 Å². The number of benzene rings is 2. The molecule has 5 nitrogen and oxygen atoms in total. The standard InChI is InChI=1S/C30H41Cl2NO4/c1-6-30(7-2,17-21-15-22-11-9-10-12-23(22)16-21)33-18-25(34)20(5)37-26-14-13-24(27(31)28(26)32)19(4)29(35)36-8-3/h9-14,19-21,25,33-34H,6-8,15-18H2,1-5H3/t19?,20-,25-/m1/s1. The van der Waals surface area contributed by atoms with E-state index >= 15 is 0 Å². The molecular weight excluding hydrogens is 509 g/mol. The van der Waals surface area contributed by atoms with Crippen LogP contribution in [0.2, 0.25) is 10.0 Å². The van der Waals surface area contributed by atoms with E-state index in [1.807, 2.05) is 6.92 Å². The summed E-state index contributed by atoms with van der Waals surface area (Å²) in [5, 5.41) is 15.1. The minimum atomic E-state index is -0.744. The zero-order chi connectivity index (χ0) is 27.2. The van der Waals surface area contributed by atoms with Crippen LogP contribution in [0, 0.1) is 5.92 Å². The second kappa shape index (κ2) is 13.3. The molecule has 2 N–H and O–H groups in total. The first-order chi connectivity index (χ1) is 17.6. The second-order valence-electron chi connectivity index (χ2n) is 10.3. The summed E-state index contributed by atoms with van der Waals surface area (Å²) in [4.78, 5) is 12.1. The summed E-state index contributed by atoms with van der Waals surface area (Å²) in [7, 11) is 0. The molecule has 0 fully saturated rings. The smallest absolute Gasteiger partial charge is 0.313 e. The monoisotopic (exact) mass is 549 g/mol. The molecule has 0 saturated heterocycles. The minimum absolute atomic E-state index is 0.0424. The fourth-order valence-corrected chi connectivity index (χ4v) is 5.88. The lowest BCUT2D eigenvalue weighted by atomic mass is 9.81. The maximum absolute atomic E-state index is 12.1. The van der Waals surface area contributed by atoms with Gasteiger partial charge >= 0.3 is 5.97 Å². The third kappa shape index (κ3) is 7.20. The third-order valence-electron chi connectivity index (χ3n) is 7.89. The van der Waals surface area contributed by atoms with Gasteiger partial charge in [-0.05, 0) is 81.5 Å². The van der Waals surface area contributed by atoms with Crippen molar-refractivity contribution in [3.8, 4) is 5.75 Å². The summed E-state index contributed by atoms with van der Waals surface area (Å²) in [5.41, 5.74) is 3.47. The molecule has 7 heteroatoms. The molecule has 1 aliphatic carbocycles. The number of nitrogens with one attached hydrogen (secondary N) is 1. The number of aliphatic hydroxyl groups excluding tert-OH is 1. The van der Waals surface area contributed by atoms with Gasteiger partial charge in [-0.1, -0.05) is 67.4 Å². The number of carbonyl (C=O) groups excluding carboxylic acids is 1. The number of hydrogen-bond acceptors (Lipinski definition) is 5. The van der Waals surface area contributed by atoms with Crippen molar-refractivity contribution in [1.29, 1.82) is 0 Å². The quantitative estimate of drug-likeness (QED) is 0.271. The molecule has 3 atom stereocenters. The van der Waals surface area contributed by atoms with Crippen LogP contribution in [0.15, 0.2) is 36.4 Å². The Hall–Kier alpha value is -1.79. The lowest BCUT2D eigenvalue weighted by Crippen LogP contribution is -2.51. The van der Waals surface area contributed by atoms with E-state index in [4.69, 9.17) is 32.7 Å². The maximum Gasteiger partial charge on any atom is 0.313 e. The number of esters is 1. The summed E-state index contributed by atoms with van der Waals surface area (Å²) in [5.74, 6) is 0.0713. The van der Waals surface area contributed by atoms with Crippen LogP contribution in [0.3, 0.4) is 0 Å². The Balaban J connectivity index is 1.60. The van der Waals surface area contributed by atoms with Gasteiger partial charge in [0.05, 0.1) is 17.5 Å². The van der Waals surface area contributed by atoms with Crippen molar-refractivity contribution in [1.82, 2.24) is 5.32 Å². The van der Waals surface area contributed by atoms with E-state index in [-0.39, 0.29) is 21.6 Å². The summed E-state index contributed by atoms with van der Waals surface area (Å²) < 4.78 is 11.1. The summed E-state index contributed by atoms with van der Waals surface area (Å²) in [6, 6.07) is 12.1. The van der Waals surface area contributed by atoms with Crippen LogP contribution in [0.1, 0.15) is 76.5 Å². The van der Waals surface area contributed by atoms with E-state index in [2.05, 4.69) is 43.4 Å². The van der Waals surface area contributed by atoms with E-state index in [1.54, 1.807) is 26.0 Å². The molecule has 0 radical (unpaired) electrons. The molecule has 0 saturated carbocycles.